The highest BCUT2D eigenvalue weighted by atomic mass is 79.9. The fourth-order valence-corrected chi connectivity index (χ4v) is 1.52. The van der Waals surface area contributed by atoms with E-state index < -0.39 is 0 Å². The second-order valence-electron chi connectivity index (χ2n) is 2.54. The van der Waals surface area contributed by atoms with Crippen LogP contribution in [0, 0.1) is 0 Å². The molecule has 1 aromatic rings. The Morgan fingerprint density at radius 2 is 2.21 bits per heavy atom. The summed E-state index contributed by atoms with van der Waals surface area (Å²) in [5, 5.41) is 0. The van der Waals surface area contributed by atoms with Gasteiger partial charge in [0.2, 0.25) is 0 Å². The van der Waals surface area contributed by atoms with Gasteiger partial charge in [-0.25, -0.2) is 0 Å². The summed E-state index contributed by atoms with van der Waals surface area (Å²) in [6.45, 7) is 2.35. The molecule has 0 N–H and O–H groups in total. The second kappa shape index (κ2) is 5.00. The lowest BCUT2D eigenvalue weighted by atomic mass is 10.2. The van der Waals surface area contributed by atoms with Crippen molar-refractivity contribution in [1.29, 1.82) is 0 Å². The Hall–Kier alpha value is -1.03. The van der Waals surface area contributed by atoms with E-state index in [1.807, 2.05) is 6.92 Å². The third-order valence-corrected chi connectivity index (χ3v) is 2.42. The SMILES string of the molecule is CCOc1c(OC)ccc(Br)c1C=O. The van der Waals surface area contributed by atoms with E-state index in [1.165, 1.54) is 0 Å². The van der Waals surface area contributed by atoms with Crippen molar-refractivity contribution in [3.05, 3.63) is 22.2 Å². The number of rotatable bonds is 4. The minimum atomic E-state index is 0.478. The quantitative estimate of drug-likeness (QED) is 0.780. The molecule has 3 nitrogen and oxygen atoms in total. The zero-order valence-electron chi connectivity index (χ0n) is 8.04. The standard InChI is InChI=1S/C10H11BrO3/c1-3-14-10-7(6-12)8(11)4-5-9(10)13-2/h4-6H,3H2,1-2H3. The summed E-state index contributed by atoms with van der Waals surface area (Å²) in [7, 11) is 1.54. The van der Waals surface area contributed by atoms with Crippen LogP contribution in [0.4, 0.5) is 0 Å². The summed E-state index contributed by atoms with van der Waals surface area (Å²) in [5.74, 6) is 1.05. The topological polar surface area (TPSA) is 35.5 Å². The van der Waals surface area contributed by atoms with Crippen LogP contribution in [-0.4, -0.2) is 20.0 Å². The molecule has 0 radical (unpaired) electrons. The van der Waals surface area contributed by atoms with E-state index in [0.717, 1.165) is 6.29 Å². The van der Waals surface area contributed by atoms with Crippen molar-refractivity contribution < 1.29 is 14.3 Å². The Morgan fingerprint density at radius 3 is 2.71 bits per heavy atom. The van der Waals surface area contributed by atoms with Crippen molar-refractivity contribution in [3.8, 4) is 11.5 Å². The normalized spacial score (nSPS) is 9.64. The molecule has 1 rings (SSSR count). The smallest absolute Gasteiger partial charge is 0.172 e. The van der Waals surface area contributed by atoms with E-state index in [9.17, 15) is 4.79 Å². The third kappa shape index (κ3) is 2.07. The first-order valence-corrected chi connectivity index (χ1v) is 4.98. The molecule has 0 amide bonds. The summed E-state index contributed by atoms with van der Waals surface area (Å²) in [5.41, 5.74) is 0.478. The number of hydrogen-bond donors (Lipinski definition) is 0. The van der Waals surface area contributed by atoms with E-state index in [-0.39, 0.29) is 0 Å². The first-order valence-electron chi connectivity index (χ1n) is 4.19. The predicted molar refractivity (Wildman–Crippen MR) is 57.3 cm³/mol. The van der Waals surface area contributed by atoms with Crippen molar-refractivity contribution in [2.75, 3.05) is 13.7 Å². The molecular weight excluding hydrogens is 248 g/mol. The van der Waals surface area contributed by atoms with Crippen LogP contribution in [0.5, 0.6) is 11.5 Å². The van der Waals surface area contributed by atoms with Crippen LogP contribution < -0.4 is 9.47 Å². The van der Waals surface area contributed by atoms with Crippen LogP contribution >= 0.6 is 15.9 Å². The number of benzene rings is 1. The van der Waals surface area contributed by atoms with Gasteiger partial charge >= 0.3 is 0 Å². The molecule has 0 aliphatic rings. The van der Waals surface area contributed by atoms with Gasteiger partial charge in [-0.15, -0.1) is 0 Å². The van der Waals surface area contributed by atoms with Crippen LogP contribution in [0.25, 0.3) is 0 Å². The molecule has 0 saturated heterocycles. The van der Waals surface area contributed by atoms with Gasteiger partial charge in [-0.3, -0.25) is 4.79 Å². The number of hydrogen-bond acceptors (Lipinski definition) is 3. The van der Waals surface area contributed by atoms with Gasteiger partial charge < -0.3 is 9.47 Å². The lowest BCUT2D eigenvalue weighted by molar-refractivity contribution is 0.111. The van der Waals surface area contributed by atoms with Gasteiger partial charge in [0, 0.05) is 4.47 Å². The van der Waals surface area contributed by atoms with Gasteiger partial charge in [-0.2, -0.15) is 0 Å². The summed E-state index contributed by atoms with van der Waals surface area (Å²) >= 11 is 3.27. The molecule has 0 bridgehead atoms. The molecule has 76 valence electrons. The van der Waals surface area contributed by atoms with Crippen molar-refractivity contribution >= 4 is 22.2 Å². The van der Waals surface area contributed by atoms with Gasteiger partial charge in [0.1, 0.15) is 0 Å². The average molecular weight is 259 g/mol. The molecule has 0 heterocycles. The van der Waals surface area contributed by atoms with Gasteiger partial charge in [-0.05, 0) is 35.0 Å². The molecule has 14 heavy (non-hydrogen) atoms. The van der Waals surface area contributed by atoms with Gasteiger partial charge in [0.25, 0.3) is 0 Å². The Labute approximate surface area is 91.1 Å². The van der Waals surface area contributed by atoms with E-state index in [4.69, 9.17) is 9.47 Å². The maximum absolute atomic E-state index is 10.8. The fraction of sp³-hybridized carbons (Fsp3) is 0.300. The first-order chi connectivity index (χ1) is 6.74. The number of aldehydes is 1. The molecular formula is C10H11BrO3. The van der Waals surface area contributed by atoms with E-state index in [0.29, 0.717) is 28.1 Å². The number of methoxy groups -OCH3 is 1. The van der Waals surface area contributed by atoms with E-state index >= 15 is 0 Å². The van der Waals surface area contributed by atoms with Crippen LogP contribution in [-0.2, 0) is 0 Å². The molecule has 4 heteroatoms. The van der Waals surface area contributed by atoms with Crippen LogP contribution in [0.3, 0.4) is 0 Å². The average Bonchev–Trinajstić information content (AvgIpc) is 2.19. The Balaban J connectivity index is 3.27. The maximum atomic E-state index is 10.8. The molecule has 0 unspecified atom stereocenters. The van der Waals surface area contributed by atoms with Crippen LogP contribution in [0.1, 0.15) is 17.3 Å². The minimum absolute atomic E-state index is 0.478. The highest BCUT2D eigenvalue weighted by molar-refractivity contribution is 9.10. The zero-order valence-corrected chi connectivity index (χ0v) is 9.63. The fourth-order valence-electron chi connectivity index (χ4n) is 1.12. The molecule has 0 aliphatic carbocycles. The highest BCUT2D eigenvalue weighted by Crippen LogP contribution is 2.34. The molecule has 0 aliphatic heterocycles. The van der Waals surface area contributed by atoms with E-state index in [1.54, 1.807) is 19.2 Å². The van der Waals surface area contributed by atoms with Gasteiger partial charge in [-0.1, -0.05) is 0 Å². The maximum Gasteiger partial charge on any atom is 0.172 e. The Morgan fingerprint density at radius 1 is 1.50 bits per heavy atom. The molecule has 1 aromatic carbocycles. The van der Waals surface area contributed by atoms with Crippen molar-refractivity contribution in [2.45, 2.75) is 6.92 Å². The highest BCUT2D eigenvalue weighted by Gasteiger charge is 2.12. The number of carbonyl (C=O) groups is 1. The van der Waals surface area contributed by atoms with Gasteiger partial charge in [0.15, 0.2) is 17.8 Å². The molecule has 0 spiro atoms. The Kier molecular flexibility index (Phi) is 3.95. The molecule has 0 fully saturated rings. The monoisotopic (exact) mass is 258 g/mol. The van der Waals surface area contributed by atoms with Crippen molar-refractivity contribution in [3.63, 3.8) is 0 Å². The number of ether oxygens (including phenoxy) is 2. The summed E-state index contributed by atoms with van der Waals surface area (Å²) < 4.78 is 11.1. The first kappa shape index (κ1) is 11.0. The Bertz CT molecular complexity index is 336. The third-order valence-electron chi connectivity index (χ3n) is 1.73. The van der Waals surface area contributed by atoms with Gasteiger partial charge in [0.05, 0.1) is 19.3 Å². The summed E-state index contributed by atoms with van der Waals surface area (Å²) in [6, 6.07) is 3.51. The summed E-state index contributed by atoms with van der Waals surface area (Å²) in [4.78, 5) is 10.8. The minimum Gasteiger partial charge on any atom is -0.493 e. The molecule has 0 saturated carbocycles. The molecule has 0 atom stereocenters. The number of halogens is 1. The van der Waals surface area contributed by atoms with E-state index in [2.05, 4.69) is 15.9 Å². The largest absolute Gasteiger partial charge is 0.493 e. The zero-order chi connectivity index (χ0) is 10.6. The van der Waals surface area contributed by atoms with Crippen molar-refractivity contribution in [2.24, 2.45) is 0 Å². The predicted octanol–water partition coefficient (Wildman–Crippen LogP) is 2.67. The second-order valence-corrected chi connectivity index (χ2v) is 3.40. The lowest BCUT2D eigenvalue weighted by Crippen LogP contribution is -1.99. The van der Waals surface area contributed by atoms with Crippen LogP contribution in [0.2, 0.25) is 0 Å². The molecule has 0 aromatic heterocycles. The summed E-state index contributed by atoms with van der Waals surface area (Å²) in [6.07, 6.45) is 0.748. The number of carbonyl (C=O) groups excluding carboxylic acids is 1. The van der Waals surface area contributed by atoms with Crippen molar-refractivity contribution in [1.82, 2.24) is 0 Å². The lowest BCUT2D eigenvalue weighted by Gasteiger charge is -2.11. The van der Waals surface area contributed by atoms with Crippen LogP contribution in [0.15, 0.2) is 16.6 Å².